The molecule has 140 valence electrons. The van der Waals surface area contributed by atoms with E-state index in [2.05, 4.69) is 44.3 Å². The first-order chi connectivity index (χ1) is 13.7. The Kier molecular flexibility index (Phi) is 3.93. The van der Waals surface area contributed by atoms with Crippen LogP contribution in [0.5, 0.6) is 0 Å². The number of hydrogen-bond donors (Lipinski definition) is 0. The van der Waals surface area contributed by atoms with Crippen molar-refractivity contribution in [1.82, 2.24) is 29.5 Å². The van der Waals surface area contributed by atoms with Gasteiger partial charge in [0.25, 0.3) is 0 Å². The third-order valence-corrected chi connectivity index (χ3v) is 5.17. The summed E-state index contributed by atoms with van der Waals surface area (Å²) in [5, 5.41) is 9.03. The van der Waals surface area contributed by atoms with E-state index in [0.29, 0.717) is 0 Å². The molecule has 0 radical (unpaired) electrons. The maximum Gasteiger partial charge on any atom is 0.174 e. The molecule has 0 aliphatic carbocycles. The minimum absolute atomic E-state index is 0.138. The van der Waals surface area contributed by atoms with Crippen molar-refractivity contribution in [3.8, 4) is 5.82 Å². The van der Waals surface area contributed by atoms with Gasteiger partial charge in [-0.05, 0) is 37.1 Å². The van der Waals surface area contributed by atoms with Crippen LogP contribution in [0.4, 0.5) is 5.82 Å². The second-order valence-corrected chi connectivity index (χ2v) is 7.16. The fourth-order valence-electron chi connectivity index (χ4n) is 3.91. The van der Waals surface area contributed by atoms with Gasteiger partial charge in [-0.15, -0.1) is 0 Å². The quantitative estimate of drug-likeness (QED) is 0.554. The van der Waals surface area contributed by atoms with E-state index in [1.807, 2.05) is 53.9 Å². The molecule has 4 aromatic rings. The van der Waals surface area contributed by atoms with Gasteiger partial charge in [0.05, 0.1) is 24.1 Å². The van der Waals surface area contributed by atoms with Gasteiger partial charge < -0.3 is 4.90 Å². The average molecular weight is 371 g/mol. The van der Waals surface area contributed by atoms with Crippen molar-refractivity contribution in [2.45, 2.75) is 26.4 Å². The summed E-state index contributed by atoms with van der Waals surface area (Å²) in [5.74, 6) is 1.58. The normalized spacial score (nSPS) is 16.2. The molecule has 1 aliphatic rings. The predicted molar refractivity (Wildman–Crippen MR) is 106 cm³/mol. The highest BCUT2D eigenvalue weighted by Gasteiger charge is 2.27. The van der Waals surface area contributed by atoms with Crippen LogP contribution in [0, 0.1) is 13.8 Å². The Morgan fingerprint density at radius 2 is 1.89 bits per heavy atom. The first kappa shape index (κ1) is 16.7. The summed E-state index contributed by atoms with van der Waals surface area (Å²) < 4.78 is 3.86. The lowest BCUT2D eigenvalue weighted by Gasteiger charge is -2.35. The Bertz CT molecular complexity index is 1110. The molecule has 1 unspecified atom stereocenters. The van der Waals surface area contributed by atoms with Crippen LogP contribution in [-0.4, -0.2) is 36.1 Å². The molecule has 0 N–H and O–H groups in total. The van der Waals surface area contributed by atoms with Crippen LogP contribution >= 0.6 is 0 Å². The summed E-state index contributed by atoms with van der Waals surface area (Å²) >= 11 is 0. The Labute approximate surface area is 163 Å². The lowest BCUT2D eigenvalue weighted by atomic mass is 9.95. The number of anilines is 1. The molecule has 0 amide bonds. The lowest BCUT2D eigenvalue weighted by molar-refractivity contribution is 0.484. The number of fused-ring (bicyclic) bond motifs is 1. The Morgan fingerprint density at radius 3 is 2.68 bits per heavy atom. The highest BCUT2D eigenvalue weighted by molar-refractivity contribution is 5.46. The van der Waals surface area contributed by atoms with Gasteiger partial charge in [0.15, 0.2) is 5.82 Å². The molecule has 28 heavy (non-hydrogen) atoms. The van der Waals surface area contributed by atoms with E-state index in [0.717, 1.165) is 36.1 Å². The Morgan fingerprint density at radius 1 is 1.04 bits per heavy atom. The van der Waals surface area contributed by atoms with E-state index in [4.69, 9.17) is 4.98 Å². The minimum Gasteiger partial charge on any atom is -0.348 e. The molecule has 1 atom stereocenters. The number of benzene rings is 1. The van der Waals surface area contributed by atoms with Crippen molar-refractivity contribution in [2.24, 2.45) is 0 Å². The third kappa shape index (κ3) is 2.85. The zero-order valence-electron chi connectivity index (χ0n) is 15.9. The molecule has 7 nitrogen and oxygen atoms in total. The van der Waals surface area contributed by atoms with Crippen LogP contribution in [0.1, 0.15) is 28.6 Å². The molecular weight excluding hydrogens is 350 g/mol. The van der Waals surface area contributed by atoms with Gasteiger partial charge in [-0.25, -0.2) is 9.67 Å². The molecule has 0 bridgehead atoms. The summed E-state index contributed by atoms with van der Waals surface area (Å²) in [4.78, 5) is 11.6. The molecule has 5 rings (SSSR count). The fourth-order valence-corrected chi connectivity index (χ4v) is 3.91. The van der Waals surface area contributed by atoms with Crippen molar-refractivity contribution in [2.75, 3.05) is 11.4 Å². The number of hydrogen-bond acceptors (Lipinski definition) is 5. The van der Waals surface area contributed by atoms with E-state index < -0.39 is 0 Å². The van der Waals surface area contributed by atoms with Crippen molar-refractivity contribution < 1.29 is 0 Å². The Hall–Kier alpha value is -3.48. The van der Waals surface area contributed by atoms with Crippen molar-refractivity contribution in [3.05, 3.63) is 83.7 Å². The molecule has 0 saturated heterocycles. The number of aromatic nitrogens is 6. The molecule has 0 saturated carbocycles. The summed E-state index contributed by atoms with van der Waals surface area (Å²) in [5.41, 5.74) is 4.61. The lowest BCUT2D eigenvalue weighted by Crippen LogP contribution is -2.37. The van der Waals surface area contributed by atoms with Crippen LogP contribution in [0.15, 0.2) is 61.2 Å². The van der Waals surface area contributed by atoms with Crippen LogP contribution < -0.4 is 4.90 Å². The van der Waals surface area contributed by atoms with E-state index >= 15 is 0 Å². The van der Waals surface area contributed by atoms with Gasteiger partial charge in [0.1, 0.15) is 5.82 Å². The fraction of sp³-hybridized carbons (Fsp3) is 0.238. The number of nitrogens with zero attached hydrogens (tertiary/aromatic N) is 7. The highest BCUT2D eigenvalue weighted by atomic mass is 15.4. The SMILES string of the molecule is Cc1cc(C)n(-c2cncc(N3Cc4ccccc4C(n4cccn4)C3)n2)n1. The van der Waals surface area contributed by atoms with Crippen molar-refractivity contribution >= 4 is 5.82 Å². The van der Waals surface area contributed by atoms with Gasteiger partial charge in [0, 0.05) is 31.2 Å². The van der Waals surface area contributed by atoms with Crippen LogP contribution in [-0.2, 0) is 6.54 Å². The van der Waals surface area contributed by atoms with Gasteiger partial charge in [0.2, 0.25) is 0 Å². The van der Waals surface area contributed by atoms with Gasteiger partial charge >= 0.3 is 0 Å². The van der Waals surface area contributed by atoms with E-state index in [1.165, 1.54) is 11.1 Å². The molecule has 7 heteroatoms. The largest absolute Gasteiger partial charge is 0.348 e. The van der Waals surface area contributed by atoms with Crippen molar-refractivity contribution in [1.29, 1.82) is 0 Å². The second kappa shape index (κ2) is 6.60. The molecule has 1 aliphatic heterocycles. The molecule has 3 aromatic heterocycles. The van der Waals surface area contributed by atoms with Crippen LogP contribution in [0.2, 0.25) is 0 Å². The van der Waals surface area contributed by atoms with Gasteiger partial charge in [-0.1, -0.05) is 24.3 Å². The first-order valence-corrected chi connectivity index (χ1v) is 9.36. The zero-order valence-corrected chi connectivity index (χ0v) is 15.9. The average Bonchev–Trinajstić information content (AvgIpc) is 3.37. The number of aryl methyl sites for hydroxylation is 2. The van der Waals surface area contributed by atoms with E-state index in [9.17, 15) is 0 Å². The number of rotatable bonds is 3. The molecule has 4 heterocycles. The molecule has 1 aromatic carbocycles. The summed E-state index contributed by atoms with van der Waals surface area (Å²) in [6.45, 7) is 5.59. The van der Waals surface area contributed by atoms with Crippen LogP contribution in [0.25, 0.3) is 5.82 Å². The van der Waals surface area contributed by atoms with Gasteiger partial charge in [-0.3, -0.25) is 9.67 Å². The maximum atomic E-state index is 4.86. The van der Waals surface area contributed by atoms with E-state index in [1.54, 1.807) is 6.20 Å². The standard InChI is InChI=1S/C21H21N7/c1-15-10-16(2)28(25-15)21-12-22-11-20(24-21)26-13-17-6-3-4-7-18(17)19(14-26)27-9-5-8-23-27/h3-12,19H,13-14H2,1-2H3. The summed E-state index contributed by atoms with van der Waals surface area (Å²) in [7, 11) is 0. The summed E-state index contributed by atoms with van der Waals surface area (Å²) in [6, 6.07) is 12.7. The smallest absolute Gasteiger partial charge is 0.174 e. The molecule has 0 spiro atoms. The second-order valence-electron chi connectivity index (χ2n) is 7.16. The molecule has 0 fully saturated rings. The van der Waals surface area contributed by atoms with Crippen LogP contribution in [0.3, 0.4) is 0 Å². The van der Waals surface area contributed by atoms with Crippen molar-refractivity contribution in [3.63, 3.8) is 0 Å². The first-order valence-electron chi connectivity index (χ1n) is 9.36. The highest BCUT2D eigenvalue weighted by Crippen LogP contribution is 2.31. The maximum absolute atomic E-state index is 4.86. The molecular formula is C21H21N7. The monoisotopic (exact) mass is 371 g/mol. The third-order valence-electron chi connectivity index (χ3n) is 5.17. The minimum atomic E-state index is 0.138. The van der Waals surface area contributed by atoms with E-state index in [-0.39, 0.29) is 6.04 Å². The topological polar surface area (TPSA) is 64.7 Å². The Balaban J connectivity index is 1.54. The summed E-state index contributed by atoms with van der Waals surface area (Å²) in [6.07, 6.45) is 7.42. The van der Waals surface area contributed by atoms with Gasteiger partial charge in [-0.2, -0.15) is 10.2 Å². The predicted octanol–water partition coefficient (Wildman–Crippen LogP) is 3.09. The zero-order chi connectivity index (χ0) is 19.1.